The average molecular weight is 275 g/mol. The monoisotopic (exact) mass is 275 g/mol. The zero-order valence-electron chi connectivity index (χ0n) is 12.7. The van der Waals surface area contributed by atoms with Gasteiger partial charge in [-0.1, -0.05) is 30.3 Å². The maximum Gasteiger partial charge on any atom is 0.323 e. The minimum absolute atomic E-state index is 0.376. The van der Waals surface area contributed by atoms with Gasteiger partial charge in [-0.15, -0.1) is 0 Å². The topological polar surface area (TPSA) is 40.5 Å². The van der Waals surface area contributed by atoms with Gasteiger partial charge in [-0.25, -0.2) is 0 Å². The van der Waals surface area contributed by atoms with Gasteiger partial charge in [-0.2, -0.15) is 0 Å². The van der Waals surface area contributed by atoms with Crippen LogP contribution >= 0.6 is 0 Å². The second-order valence-corrected chi connectivity index (χ2v) is 6.39. The Morgan fingerprint density at radius 1 is 1.15 bits per heavy atom. The summed E-state index contributed by atoms with van der Waals surface area (Å²) in [6.45, 7) is 3.58. The molecule has 2 rings (SSSR count). The summed E-state index contributed by atoms with van der Waals surface area (Å²) in [4.78, 5) is 13.4. The van der Waals surface area contributed by atoms with Crippen LogP contribution in [0.15, 0.2) is 30.3 Å². The van der Waals surface area contributed by atoms with E-state index in [4.69, 9.17) is 0 Å². The molecule has 3 heteroatoms. The summed E-state index contributed by atoms with van der Waals surface area (Å²) >= 11 is 0. The quantitative estimate of drug-likeness (QED) is 0.914. The zero-order valence-corrected chi connectivity index (χ0v) is 12.7. The zero-order chi connectivity index (χ0) is 14.8. The summed E-state index contributed by atoms with van der Waals surface area (Å²) in [5, 5.41) is 9.33. The highest BCUT2D eigenvalue weighted by Gasteiger charge is 2.37. The largest absolute Gasteiger partial charge is 0.480 e. The van der Waals surface area contributed by atoms with Crippen LogP contribution in [-0.4, -0.2) is 34.6 Å². The Bertz CT molecular complexity index is 447. The van der Waals surface area contributed by atoms with Gasteiger partial charge in [-0.05, 0) is 58.1 Å². The van der Waals surface area contributed by atoms with Crippen LogP contribution in [0.2, 0.25) is 0 Å². The maximum atomic E-state index is 11.3. The molecule has 0 bridgehead atoms. The Labute approximate surface area is 121 Å². The number of hydrogen-bond acceptors (Lipinski definition) is 2. The molecule has 1 aromatic carbocycles. The van der Waals surface area contributed by atoms with E-state index < -0.39 is 11.5 Å². The van der Waals surface area contributed by atoms with Crippen molar-refractivity contribution in [1.29, 1.82) is 0 Å². The standard InChI is InChI=1S/C17H25NO2/c1-17(2,16(19)20)18(3)15-11-9-14(10-12-15)13-7-5-4-6-8-13/h4-8,14-15H,9-12H2,1-3H3,(H,19,20). The summed E-state index contributed by atoms with van der Waals surface area (Å²) in [5.41, 5.74) is 0.635. The Balaban J connectivity index is 1.96. The SMILES string of the molecule is CN(C1CCC(c2ccccc2)CC1)C(C)(C)C(=O)O. The van der Waals surface area contributed by atoms with E-state index in [0.717, 1.165) is 25.7 Å². The fourth-order valence-corrected chi connectivity index (χ4v) is 3.13. The predicted octanol–water partition coefficient (Wildman–Crippen LogP) is 3.51. The third kappa shape index (κ3) is 3.04. The molecule has 0 aromatic heterocycles. The number of hydrogen-bond donors (Lipinski definition) is 1. The Kier molecular flexibility index (Phi) is 4.48. The van der Waals surface area contributed by atoms with E-state index in [9.17, 15) is 9.90 Å². The average Bonchev–Trinajstić information content (AvgIpc) is 2.47. The summed E-state index contributed by atoms with van der Waals surface area (Å²) in [6, 6.07) is 11.0. The Morgan fingerprint density at radius 3 is 2.20 bits per heavy atom. The molecule has 1 fully saturated rings. The summed E-state index contributed by atoms with van der Waals surface area (Å²) in [5.74, 6) is -0.112. The van der Waals surface area contributed by atoms with Crippen LogP contribution in [0.3, 0.4) is 0 Å². The highest BCUT2D eigenvalue weighted by molar-refractivity contribution is 5.77. The molecule has 0 spiro atoms. The van der Waals surface area contributed by atoms with E-state index in [-0.39, 0.29) is 0 Å². The third-order valence-corrected chi connectivity index (χ3v) is 4.92. The third-order valence-electron chi connectivity index (χ3n) is 4.92. The molecule has 0 amide bonds. The fourth-order valence-electron chi connectivity index (χ4n) is 3.13. The van der Waals surface area contributed by atoms with Crippen LogP contribution in [-0.2, 0) is 4.79 Å². The lowest BCUT2D eigenvalue weighted by molar-refractivity contribution is -0.150. The second kappa shape index (κ2) is 5.96. The van der Waals surface area contributed by atoms with Gasteiger partial charge in [0.1, 0.15) is 5.54 Å². The molecule has 0 atom stereocenters. The Morgan fingerprint density at radius 2 is 1.70 bits per heavy atom. The molecule has 1 aliphatic rings. The normalized spacial score (nSPS) is 23.8. The van der Waals surface area contributed by atoms with E-state index in [1.807, 2.05) is 11.9 Å². The summed E-state index contributed by atoms with van der Waals surface area (Å²) < 4.78 is 0. The van der Waals surface area contributed by atoms with Crippen molar-refractivity contribution < 1.29 is 9.90 Å². The first kappa shape index (κ1) is 15.0. The molecule has 1 N–H and O–H groups in total. The fraction of sp³-hybridized carbons (Fsp3) is 0.588. The Hall–Kier alpha value is -1.35. The molecule has 1 aliphatic carbocycles. The molecule has 20 heavy (non-hydrogen) atoms. The van der Waals surface area contributed by atoms with Gasteiger partial charge >= 0.3 is 5.97 Å². The van der Waals surface area contributed by atoms with E-state index in [2.05, 4.69) is 30.3 Å². The predicted molar refractivity (Wildman–Crippen MR) is 80.9 cm³/mol. The van der Waals surface area contributed by atoms with Gasteiger partial charge < -0.3 is 5.11 Å². The lowest BCUT2D eigenvalue weighted by Gasteiger charge is -2.41. The molecular formula is C17H25NO2. The highest BCUT2D eigenvalue weighted by atomic mass is 16.4. The van der Waals surface area contributed by atoms with Crippen molar-refractivity contribution in [3.63, 3.8) is 0 Å². The van der Waals surface area contributed by atoms with Gasteiger partial charge in [0.15, 0.2) is 0 Å². The van der Waals surface area contributed by atoms with E-state index in [1.54, 1.807) is 13.8 Å². The molecule has 1 aromatic rings. The minimum Gasteiger partial charge on any atom is -0.480 e. The molecule has 1 saturated carbocycles. The van der Waals surface area contributed by atoms with Crippen molar-refractivity contribution in [2.24, 2.45) is 0 Å². The lowest BCUT2D eigenvalue weighted by Crippen LogP contribution is -2.53. The van der Waals surface area contributed by atoms with Crippen molar-refractivity contribution in [1.82, 2.24) is 4.90 Å². The maximum absolute atomic E-state index is 11.3. The van der Waals surface area contributed by atoms with E-state index in [1.165, 1.54) is 5.56 Å². The van der Waals surface area contributed by atoms with Crippen LogP contribution in [0.1, 0.15) is 51.0 Å². The minimum atomic E-state index is -0.787. The first-order chi connectivity index (χ1) is 9.43. The van der Waals surface area contributed by atoms with Crippen molar-refractivity contribution in [2.75, 3.05) is 7.05 Å². The summed E-state index contributed by atoms with van der Waals surface area (Å²) in [6.07, 6.45) is 4.45. The number of likely N-dealkylation sites (N-methyl/N-ethyl adjacent to an activating group) is 1. The summed E-state index contributed by atoms with van der Waals surface area (Å²) in [7, 11) is 1.95. The number of carbonyl (C=O) groups is 1. The number of nitrogens with zero attached hydrogens (tertiary/aromatic N) is 1. The lowest BCUT2D eigenvalue weighted by atomic mass is 9.80. The number of rotatable bonds is 4. The van der Waals surface area contributed by atoms with Crippen molar-refractivity contribution in [3.05, 3.63) is 35.9 Å². The second-order valence-electron chi connectivity index (χ2n) is 6.39. The molecule has 0 aliphatic heterocycles. The molecule has 110 valence electrons. The van der Waals surface area contributed by atoms with Crippen LogP contribution < -0.4 is 0 Å². The van der Waals surface area contributed by atoms with Gasteiger partial charge in [0.25, 0.3) is 0 Å². The number of carboxylic acids is 1. The highest BCUT2D eigenvalue weighted by Crippen LogP contribution is 2.36. The number of benzene rings is 1. The van der Waals surface area contributed by atoms with Gasteiger partial charge in [0.2, 0.25) is 0 Å². The van der Waals surface area contributed by atoms with Crippen LogP contribution in [0, 0.1) is 0 Å². The van der Waals surface area contributed by atoms with Gasteiger partial charge in [0.05, 0.1) is 0 Å². The molecule has 0 unspecified atom stereocenters. The smallest absolute Gasteiger partial charge is 0.323 e. The van der Waals surface area contributed by atoms with Crippen molar-refractivity contribution >= 4 is 5.97 Å². The van der Waals surface area contributed by atoms with Gasteiger partial charge in [0, 0.05) is 6.04 Å². The molecule has 0 radical (unpaired) electrons. The molecule has 0 saturated heterocycles. The first-order valence-electron chi connectivity index (χ1n) is 7.44. The molecule has 0 heterocycles. The van der Waals surface area contributed by atoms with Crippen molar-refractivity contribution in [3.8, 4) is 0 Å². The van der Waals surface area contributed by atoms with Gasteiger partial charge in [-0.3, -0.25) is 9.69 Å². The van der Waals surface area contributed by atoms with E-state index in [0.29, 0.717) is 12.0 Å². The van der Waals surface area contributed by atoms with E-state index >= 15 is 0 Å². The molecular weight excluding hydrogens is 250 g/mol. The van der Waals surface area contributed by atoms with Crippen molar-refractivity contribution in [2.45, 2.75) is 57.0 Å². The molecule has 3 nitrogen and oxygen atoms in total. The van der Waals surface area contributed by atoms with Crippen LogP contribution in [0.4, 0.5) is 0 Å². The van der Waals surface area contributed by atoms with Crippen LogP contribution in [0.25, 0.3) is 0 Å². The first-order valence-corrected chi connectivity index (χ1v) is 7.44. The number of aliphatic carboxylic acids is 1. The van der Waals surface area contributed by atoms with Crippen LogP contribution in [0.5, 0.6) is 0 Å². The number of carboxylic acid groups (broad SMARTS) is 1.